The van der Waals surface area contributed by atoms with Gasteiger partial charge >= 0.3 is 0 Å². The summed E-state index contributed by atoms with van der Waals surface area (Å²) in [5.41, 5.74) is 2.22. The highest BCUT2D eigenvalue weighted by molar-refractivity contribution is 5.96. The molecule has 4 N–H and O–H groups in total. The first-order valence-corrected chi connectivity index (χ1v) is 12.4. The zero-order valence-corrected chi connectivity index (χ0v) is 21.2. The molecule has 1 aliphatic carbocycles. The lowest BCUT2D eigenvalue weighted by molar-refractivity contribution is -0.138. The minimum atomic E-state index is -1.17. The Morgan fingerprint density at radius 1 is 1.22 bits per heavy atom. The Balaban J connectivity index is 1.81. The molecule has 0 spiro atoms. The molecule has 4 atom stereocenters. The van der Waals surface area contributed by atoms with Crippen LogP contribution in [0.15, 0.2) is 46.8 Å². The van der Waals surface area contributed by atoms with Crippen molar-refractivity contribution in [2.75, 3.05) is 20.3 Å². The molecule has 2 aromatic rings. The highest BCUT2D eigenvalue weighted by Crippen LogP contribution is 2.51. The number of aliphatic hydroxyl groups is 3. The van der Waals surface area contributed by atoms with Crippen LogP contribution in [0, 0.1) is 5.92 Å². The second-order valence-electron chi connectivity index (χ2n) is 9.77. The number of nitrogens with one attached hydrogen (secondary N) is 1. The van der Waals surface area contributed by atoms with Gasteiger partial charge in [-0.1, -0.05) is 13.8 Å². The molecular weight excluding hydrogens is 480 g/mol. The maximum absolute atomic E-state index is 13.4. The molecule has 0 radical (unpaired) electrons. The smallest absolute Gasteiger partial charge is 0.247 e. The lowest BCUT2D eigenvalue weighted by atomic mass is 9.77. The molecule has 10 nitrogen and oxygen atoms in total. The average molecular weight is 515 g/mol. The number of benzene rings is 1. The number of rotatable bonds is 10. The molecule has 2 aliphatic rings. The molecule has 0 fully saturated rings. The predicted octanol–water partition coefficient (Wildman–Crippen LogP) is 1.48. The zero-order valence-electron chi connectivity index (χ0n) is 21.2. The number of methoxy groups -OCH3 is 1. The Morgan fingerprint density at radius 2 is 2.00 bits per heavy atom. The number of nitrogens with zero attached hydrogens (tertiary/aromatic N) is 1. The van der Waals surface area contributed by atoms with Gasteiger partial charge in [-0.05, 0) is 35.8 Å². The number of furan rings is 1. The summed E-state index contributed by atoms with van der Waals surface area (Å²) >= 11 is 0. The van der Waals surface area contributed by atoms with Crippen molar-refractivity contribution in [1.29, 1.82) is 0 Å². The van der Waals surface area contributed by atoms with Crippen LogP contribution in [0.4, 0.5) is 0 Å². The van der Waals surface area contributed by atoms with Crippen LogP contribution in [-0.2, 0) is 22.7 Å². The van der Waals surface area contributed by atoms with Gasteiger partial charge in [0.05, 0.1) is 44.8 Å². The third kappa shape index (κ3) is 5.36. The van der Waals surface area contributed by atoms with Crippen molar-refractivity contribution in [2.45, 2.75) is 57.6 Å². The van der Waals surface area contributed by atoms with E-state index in [4.69, 9.17) is 13.9 Å². The van der Waals surface area contributed by atoms with Crippen LogP contribution in [0.5, 0.6) is 11.5 Å². The van der Waals surface area contributed by atoms with E-state index in [2.05, 4.69) is 5.32 Å². The van der Waals surface area contributed by atoms with Crippen LogP contribution in [0.1, 0.15) is 42.9 Å². The molecule has 0 bridgehead atoms. The van der Waals surface area contributed by atoms with E-state index in [1.54, 1.807) is 29.2 Å². The van der Waals surface area contributed by atoms with Crippen LogP contribution in [0.3, 0.4) is 0 Å². The Labute approximate surface area is 215 Å². The van der Waals surface area contributed by atoms with Gasteiger partial charge in [0.25, 0.3) is 0 Å². The van der Waals surface area contributed by atoms with E-state index in [0.717, 1.165) is 5.56 Å². The second kappa shape index (κ2) is 11.4. The molecular formula is C27H34N2O8. The maximum Gasteiger partial charge on any atom is 0.247 e. The molecule has 2 amide bonds. The van der Waals surface area contributed by atoms with Crippen molar-refractivity contribution < 1.29 is 38.8 Å². The van der Waals surface area contributed by atoms with E-state index in [9.17, 15) is 24.9 Å². The number of carbonyl (C=O) groups excluding carboxylic acids is 2. The first-order valence-electron chi connectivity index (χ1n) is 12.4. The Kier molecular flexibility index (Phi) is 8.21. The lowest BCUT2D eigenvalue weighted by Gasteiger charge is -2.40. The molecule has 1 aromatic heterocycles. The Morgan fingerprint density at radius 3 is 2.62 bits per heavy atom. The quantitative estimate of drug-likeness (QED) is 0.374. The van der Waals surface area contributed by atoms with Crippen molar-refractivity contribution in [3.63, 3.8) is 0 Å². The summed E-state index contributed by atoms with van der Waals surface area (Å²) in [6.07, 6.45) is 2.87. The molecule has 0 saturated carbocycles. The summed E-state index contributed by atoms with van der Waals surface area (Å²) in [4.78, 5) is 28.3. The first-order chi connectivity index (χ1) is 17.8. The van der Waals surface area contributed by atoms with Crippen LogP contribution >= 0.6 is 0 Å². The Bertz CT molecular complexity index is 1140. The van der Waals surface area contributed by atoms with E-state index in [-0.39, 0.29) is 44.5 Å². The molecule has 1 aromatic carbocycles. The minimum Gasteiger partial charge on any atom is -0.493 e. The van der Waals surface area contributed by atoms with Gasteiger partial charge in [-0.15, -0.1) is 0 Å². The fourth-order valence-electron chi connectivity index (χ4n) is 5.02. The van der Waals surface area contributed by atoms with E-state index < -0.39 is 30.1 Å². The monoisotopic (exact) mass is 514 g/mol. The van der Waals surface area contributed by atoms with E-state index in [1.807, 2.05) is 13.8 Å². The van der Waals surface area contributed by atoms with Crippen molar-refractivity contribution >= 4 is 11.8 Å². The molecule has 4 rings (SSSR count). The number of amides is 2. The standard InChI is InChI=1S/C27H34N2O8/c1-15(2)8-22(32)29(12-16-4-7-36-14-16)20-11-19(27(34)28-5-6-30)23-18-9-17(13-31)10-21(35-3)25(18)37-26(23)24(20)33/h4,7,9-11,14-15,20,23-24,26,30-31,33H,5-6,8,12-13H2,1-3H3,(H,28,34)/t20-,23+,24+,26+/m1/s1. The molecule has 10 heteroatoms. The third-order valence-electron chi connectivity index (χ3n) is 6.69. The summed E-state index contributed by atoms with van der Waals surface area (Å²) in [6, 6.07) is 4.26. The predicted molar refractivity (Wildman–Crippen MR) is 133 cm³/mol. The summed E-state index contributed by atoms with van der Waals surface area (Å²) in [6.45, 7) is 3.60. The largest absolute Gasteiger partial charge is 0.493 e. The second-order valence-corrected chi connectivity index (χ2v) is 9.77. The van der Waals surface area contributed by atoms with Crippen LogP contribution in [0.2, 0.25) is 0 Å². The van der Waals surface area contributed by atoms with Gasteiger partial charge in [-0.3, -0.25) is 9.59 Å². The van der Waals surface area contributed by atoms with Crippen LogP contribution in [0.25, 0.3) is 0 Å². The SMILES string of the molecule is COc1cc(CO)cc2c1O[C@@H]1[C@@H](O)[C@H](N(Cc3ccoc3)C(=O)CC(C)C)C=C(C(=O)NCCO)[C@H]21. The number of hydrogen-bond acceptors (Lipinski definition) is 8. The number of hydrogen-bond donors (Lipinski definition) is 4. The molecule has 0 saturated heterocycles. The average Bonchev–Trinajstić information content (AvgIpc) is 3.53. The Hall–Kier alpha value is -3.34. The van der Waals surface area contributed by atoms with E-state index >= 15 is 0 Å². The fourth-order valence-corrected chi connectivity index (χ4v) is 5.02. The van der Waals surface area contributed by atoms with Gasteiger partial charge in [-0.2, -0.15) is 0 Å². The highest BCUT2D eigenvalue weighted by Gasteiger charge is 2.51. The van der Waals surface area contributed by atoms with Gasteiger partial charge in [-0.25, -0.2) is 0 Å². The van der Waals surface area contributed by atoms with Gasteiger partial charge in [0.15, 0.2) is 11.5 Å². The van der Waals surface area contributed by atoms with Crippen LogP contribution in [-0.4, -0.2) is 70.5 Å². The first kappa shape index (κ1) is 26.7. The van der Waals surface area contributed by atoms with Crippen molar-refractivity contribution in [3.05, 3.63) is 59.1 Å². The summed E-state index contributed by atoms with van der Waals surface area (Å²) < 4.78 is 16.9. The lowest BCUT2D eigenvalue weighted by Crippen LogP contribution is -2.55. The maximum atomic E-state index is 13.4. The van der Waals surface area contributed by atoms with Crippen molar-refractivity contribution in [1.82, 2.24) is 10.2 Å². The molecule has 1 aliphatic heterocycles. The summed E-state index contributed by atoms with van der Waals surface area (Å²) in [5, 5.41) is 33.4. The van der Waals surface area contributed by atoms with Crippen LogP contribution < -0.4 is 14.8 Å². The summed E-state index contributed by atoms with van der Waals surface area (Å²) in [7, 11) is 1.48. The molecule has 0 unspecified atom stereocenters. The molecule has 37 heavy (non-hydrogen) atoms. The minimum absolute atomic E-state index is 0.0412. The van der Waals surface area contributed by atoms with E-state index in [0.29, 0.717) is 28.2 Å². The van der Waals surface area contributed by atoms with Gasteiger partial charge in [0, 0.05) is 36.2 Å². The number of aliphatic hydroxyl groups excluding tert-OH is 3. The summed E-state index contributed by atoms with van der Waals surface area (Å²) in [5.74, 6) is -0.453. The molecule has 200 valence electrons. The number of carbonyl (C=O) groups is 2. The normalized spacial score (nSPS) is 22.1. The zero-order chi connectivity index (χ0) is 26.7. The van der Waals surface area contributed by atoms with Gasteiger partial charge in [0.2, 0.25) is 11.8 Å². The number of fused-ring (bicyclic) bond motifs is 3. The molecule has 2 heterocycles. The number of ether oxygens (including phenoxy) is 2. The topological polar surface area (TPSA) is 142 Å². The fraction of sp³-hybridized carbons (Fsp3) is 0.481. The highest BCUT2D eigenvalue weighted by atomic mass is 16.5. The third-order valence-corrected chi connectivity index (χ3v) is 6.69. The van der Waals surface area contributed by atoms with E-state index in [1.165, 1.54) is 19.6 Å². The van der Waals surface area contributed by atoms with Crippen molar-refractivity contribution in [3.8, 4) is 11.5 Å². The van der Waals surface area contributed by atoms with Crippen molar-refractivity contribution in [2.24, 2.45) is 5.92 Å². The van der Waals surface area contributed by atoms with Gasteiger partial charge < -0.3 is 39.4 Å². The van der Waals surface area contributed by atoms with Gasteiger partial charge in [0.1, 0.15) is 12.2 Å².